The van der Waals surface area contributed by atoms with Crippen LogP contribution >= 0.6 is 11.6 Å². The summed E-state index contributed by atoms with van der Waals surface area (Å²) in [5.41, 5.74) is 8.68. The number of carbonyl (C=O) groups is 4. The molecule has 4 aromatic carbocycles. The van der Waals surface area contributed by atoms with Gasteiger partial charge in [-0.1, -0.05) is 29.8 Å². The molecular formula is C49H51ClFN7O6. The number of rotatable bonds is 13. The van der Waals surface area contributed by atoms with E-state index in [1.54, 1.807) is 24.3 Å². The third kappa shape index (κ3) is 8.20. The highest BCUT2D eigenvalue weighted by molar-refractivity contribution is 6.35. The van der Waals surface area contributed by atoms with Gasteiger partial charge in [-0.2, -0.15) is 5.10 Å². The summed E-state index contributed by atoms with van der Waals surface area (Å²) in [6.45, 7) is 10.9. The van der Waals surface area contributed by atoms with Gasteiger partial charge in [0.25, 0.3) is 11.8 Å². The zero-order valence-electron chi connectivity index (χ0n) is 36.5. The van der Waals surface area contributed by atoms with Gasteiger partial charge in [0.05, 0.1) is 22.8 Å². The molecule has 4 amide bonds. The lowest BCUT2D eigenvalue weighted by Gasteiger charge is -2.35. The average Bonchev–Trinajstić information content (AvgIpc) is 3.84. The van der Waals surface area contributed by atoms with Gasteiger partial charge in [-0.05, 0) is 105 Å². The molecule has 2 fully saturated rings. The van der Waals surface area contributed by atoms with Crippen molar-refractivity contribution in [2.45, 2.75) is 65.6 Å². The Morgan fingerprint density at radius 1 is 0.906 bits per heavy atom. The third-order valence-corrected chi connectivity index (χ3v) is 13.5. The molecule has 1 N–H and O–H groups in total. The van der Waals surface area contributed by atoms with E-state index in [9.17, 15) is 23.6 Å². The number of hydrogen-bond donors (Lipinski definition) is 1. The van der Waals surface area contributed by atoms with Crippen molar-refractivity contribution in [1.82, 2.24) is 34.4 Å². The number of carbonyl (C=O) groups excluding carboxylic acids is 4. The van der Waals surface area contributed by atoms with Crippen molar-refractivity contribution in [2.24, 2.45) is 7.05 Å². The lowest BCUT2D eigenvalue weighted by atomic mass is 9.98. The summed E-state index contributed by atoms with van der Waals surface area (Å²) in [5, 5.41) is 10.6. The van der Waals surface area contributed by atoms with Crippen molar-refractivity contribution >= 4 is 56.9 Å². The molecule has 5 heterocycles. The quantitative estimate of drug-likeness (QED) is 0.0979. The number of aromatic nitrogens is 3. The number of piperazine rings is 1. The highest BCUT2D eigenvalue weighted by atomic mass is 35.5. The molecule has 0 bridgehead atoms. The van der Waals surface area contributed by atoms with Crippen LogP contribution in [0.15, 0.2) is 66.7 Å². The van der Waals surface area contributed by atoms with Crippen LogP contribution in [0.2, 0.25) is 5.02 Å². The molecule has 15 heteroatoms. The third-order valence-electron chi connectivity index (χ3n) is 13.2. The Bertz CT molecular complexity index is 2850. The lowest BCUT2D eigenvalue weighted by Crippen LogP contribution is -2.52. The van der Waals surface area contributed by atoms with Gasteiger partial charge in [0.15, 0.2) is 6.61 Å². The minimum Gasteiger partial charge on any atom is -0.493 e. The Balaban J connectivity index is 0.852. The van der Waals surface area contributed by atoms with Crippen molar-refractivity contribution in [2.75, 3.05) is 45.9 Å². The molecule has 3 aliphatic rings. The standard InChI is InChI=1S/C49H51ClFN7O6/c1-29-45(31(3)54(4)53-29)46-40(50)15-14-39-36(8-6-24-63-42-9-5-7-32-25-34(51)10-12-37(32)42)30(2)57(47(39)46)23-20-55-18-21-56(22-19-55)44(60)28-64-35-11-13-38-33(26-35)27-58(49(38)62)41-16-17-43(59)52-48(41)61/h5,7,9-15,25-26,41H,6,8,16-24,27-28H2,1-4H3,(H,52,59,61). The molecule has 0 aliphatic carbocycles. The summed E-state index contributed by atoms with van der Waals surface area (Å²) < 4.78 is 30.4. The molecule has 64 heavy (non-hydrogen) atoms. The van der Waals surface area contributed by atoms with Gasteiger partial charge in [-0.25, -0.2) is 4.39 Å². The fourth-order valence-corrected chi connectivity index (χ4v) is 9.95. The van der Waals surface area contributed by atoms with Crippen LogP contribution in [0, 0.1) is 26.6 Å². The zero-order chi connectivity index (χ0) is 44.8. The SMILES string of the molecule is Cc1nn(C)c(C)c1-c1c(Cl)ccc2c(CCCOc3cccc4cc(F)ccc34)c(C)n(CCN3CCN(C(=O)COc4ccc5c(c4)CN(C4CCC(=O)NC4=O)C5=O)CC3)c12. The number of ether oxygens (including phenoxy) is 2. The van der Waals surface area contributed by atoms with Crippen LogP contribution in [-0.2, 0) is 40.9 Å². The van der Waals surface area contributed by atoms with Crippen LogP contribution in [0.25, 0.3) is 32.8 Å². The fourth-order valence-electron chi connectivity index (χ4n) is 9.71. The minimum absolute atomic E-state index is 0.113. The largest absolute Gasteiger partial charge is 0.493 e. The summed E-state index contributed by atoms with van der Waals surface area (Å²) in [7, 11) is 1.95. The Morgan fingerprint density at radius 2 is 1.70 bits per heavy atom. The number of hydrogen-bond acceptors (Lipinski definition) is 8. The second-order valence-corrected chi connectivity index (χ2v) is 17.4. The van der Waals surface area contributed by atoms with E-state index in [2.05, 4.69) is 34.7 Å². The normalized spacial score (nSPS) is 16.8. The highest BCUT2D eigenvalue weighted by Crippen LogP contribution is 2.42. The van der Waals surface area contributed by atoms with Gasteiger partial charge in [0, 0.05) is 98.1 Å². The fraction of sp³-hybridized carbons (Fsp3) is 0.367. The van der Waals surface area contributed by atoms with Crippen molar-refractivity contribution < 1.29 is 33.0 Å². The molecule has 13 nitrogen and oxygen atoms in total. The number of nitrogens with zero attached hydrogens (tertiary/aromatic N) is 6. The van der Waals surface area contributed by atoms with Crippen LogP contribution < -0.4 is 14.8 Å². The van der Waals surface area contributed by atoms with Gasteiger partial charge < -0.3 is 23.8 Å². The molecule has 3 aliphatic heterocycles. The van der Waals surface area contributed by atoms with E-state index in [0.29, 0.717) is 49.1 Å². The zero-order valence-corrected chi connectivity index (χ0v) is 37.3. The number of aryl methyl sites for hydroxylation is 3. The van der Waals surface area contributed by atoms with E-state index in [-0.39, 0.29) is 49.5 Å². The number of fused-ring (bicyclic) bond motifs is 3. The number of benzene rings is 4. The van der Waals surface area contributed by atoms with Crippen LogP contribution in [0.3, 0.4) is 0 Å². The molecule has 2 saturated heterocycles. The van der Waals surface area contributed by atoms with Crippen LogP contribution in [0.5, 0.6) is 11.5 Å². The second-order valence-electron chi connectivity index (χ2n) is 17.0. The Labute approximate surface area is 375 Å². The predicted octanol–water partition coefficient (Wildman–Crippen LogP) is 6.91. The van der Waals surface area contributed by atoms with Gasteiger partial charge in [-0.15, -0.1) is 0 Å². The summed E-state index contributed by atoms with van der Waals surface area (Å²) >= 11 is 7.12. The number of halogens is 2. The minimum atomic E-state index is -0.697. The first kappa shape index (κ1) is 43.0. The number of amides is 4. The summed E-state index contributed by atoms with van der Waals surface area (Å²) in [5.74, 6) is -0.217. The smallest absolute Gasteiger partial charge is 0.260 e. The summed E-state index contributed by atoms with van der Waals surface area (Å²) in [6, 6.07) is 19.0. The molecule has 0 saturated carbocycles. The van der Waals surface area contributed by atoms with Crippen LogP contribution in [0.1, 0.15) is 57.8 Å². The maximum absolute atomic E-state index is 13.9. The maximum atomic E-state index is 13.9. The van der Waals surface area contributed by atoms with Gasteiger partial charge in [-0.3, -0.25) is 34.1 Å². The molecule has 0 radical (unpaired) electrons. The monoisotopic (exact) mass is 887 g/mol. The first-order chi connectivity index (χ1) is 30.9. The maximum Gasteiger partial charge on any atom is 0.260 e. The average molecular weight is 888 g/mol. The van der Waals surface area contributed by atoms with E-state index in [1.165, 1.54) is 28.3 Å². The van der Waals surface area contributed by atoms with E-state index < -0.39 is 11.9 Å². The number of piperidine rings is 1. The molecule has 332 valence electrons. The van der Waals surface area contributed by atoms with Gasteiger partial charge >= 0.3 is 0 Å². The molecule has 0 spiro atoms. The lowest BCUT2D eigenvalue weighted by molar-refractivity contribution is -0.137. The molecule has 2 aromatic heterocycles. The van der Waals surface area contributed by atoms with E-state index in [0.717, 1.165) is 81.4 Å². The number of imide groups is 1. The number of nitrogens with one attached hydrogen (secondary N) is 1. The van der Waals surface area contributed by atoms with E-state index >= 15 is 0 Å². The highest BCUT2D eigenvalue weighted by Gasteiger charge is 2.39. The van der Waals surface area contributed by atoms with Crippen molar-refractivity contribution in [1.29, 1.82) is 0 Å². The molecule has 9 rings (SSSR count). The molecule has 6 aromatic rings. The van der Waals surface area contributed by atoms with E-state index in [1.807, 2.05) is 47.8 Å². The predicted molar refractivity (Wildman–Crippen MR) is 242 cm³/mol. The molecule has 1 atom stereocenters. The summed E-state index contributed by atoms with van der Waals surface area (Å²) in [4.78, 5) is 56.3. The van der Waals surface area contributed by atoms with Gasteiger partial charge in [0.2, 0.25) is 11.8 Å². The Kier molecular flexibility index (Phi) is 11.9. The van der Waals surface area contributed by atoms with Crippen LogP contribution in [-0.4, -0.2) is 105 Å². The van der Waals surface area contributed by atoms with Crippen molar-refractivity contribution in [3.05, 3.63) is 111 Å². The Morgan fingerprint density at radius 3 is 2.47 bits per heavy atom. The van der Waals surface area contributed by atoms with Crippen molar-refractivity contribution in [3.63, 3.8) is 0 Å². The molecule has 1 unspecified atom stereocenters. The molecular weight excluding hydrogens is 837 g/mol. The first-order valence-corrected chi connectivity index (χ1v) is 22.3. The van der Waals surface area contributed by atoms with Crippen molar-refractivity contribution in [3.8, 4) is 22.6 Å². The van der Waals surface area contributed by atoms with Crippen LogP contribution in [0.4, 0.5) is 4.39 Å². The first-order valence-electron chi connectivity index (χ1n) is 21.9. The summed E-state index contributed by atoms with van der Waals surface area (Å²) in [6.07, 6.45) is 2.04. The Hall–Kier alpha value is -6.25. The van der Waals surface area contributed by atoms with Gasteiger partial charge in [0.1, 0.15) is 23.4 Å². The topological polar surface area (TPSA) is 131 Å². The second kappa shape index (κ2) is 17.7. The van der Waals surface area contributed by atoms with E-state index in [4.69, 9.17) is 26.2 Å².